The topological polar surface area (TPSA) is 108 Å². The number of allylic oxidation sites excluding steroid dienone is 2. The van der Waals surface area contributed by atoms with Gasteiger partial charge in [0, 0.05) is 5.57 Å². The number of alkyl carbamates (subject to hydrolysis) is 1. The fraction of sp³-hybridized carbons (Fsp3) is 0.526. The molecule has 3 aliphatic rings. The Bertz CT molecular complexity index is 816. The molecule has 0 spiro atoms. The van der Waals surface area contributed by atoms with Crippen LogP contribution in [0.4, 0.5) is 4.79 Å². The number of quaternary nitrogens is 1. The van der Waals surface area contributed by atoms with Crippen molar-refractivity contribution < 1.29 is 28.8 Å². The minimum absolute atomic E-state index is 0.0679. The predicted molar refractivity (Wildman–Crippen MR) is 108 cm³/mol. The number of thioether (sulfide) groups is 1. The standard InChI is InChI=1S/C19H26N4O5S/c1-19(2,3)28-18(27)21-16-12(11-20-23(4)8-6-5-7-9-23)15(17(25)26)22-13(24)10-14(22)29-16/h5-8,14,16,20H,9-11H2,1-4H3,(H-,21,25,26,27)/p+1/t14-,16?,23?/m1/s1. The number of aliphatic carboxylic acids is 1. The molecular formula is C19H27N4O5S+. The van der Waals surface area contributed by atoms with Crippen LogP contribution in [0.25, 0.3) is 0 Å². The third kappa shape index (κ3) is 4.82. The van der Waals surface area contributed by atoms with E-state index < -0.39 is 23.0 Å². The predicted octanol–water partition coefficient (Wildman–Crippen LogP) is 1.52. The zero-order chi connectivity index (χ0) is 21.4. The number of carboxylic acid groups (broad SMARTS) is 1. The molecule has 3 N–H and O–H groups in total. The number of nitrogens with one attached hydrogen (secondary N) is 2. The summed E-state index contributed by atoms with van der Waals surface area (Å²) in [4.78, 5) is 37.8. The number of hydrogen-bond donors (Lipinski definition) is 3. The number of fused-ring (bicyclic) bond motifs is 1. The smallest absolute Gasteiger partial charge is 0.408 e. The highest BCUT2D eigenvalue weighted by Gasteiger charge is 2.49. The molecule has 2 unspecified atom stereocenters. The molecule has 0 saturated carbocycles. The third-order valence-corrected chi connectivity index (χ3v) is 6.05. The molecule has 0 aliphatic carbocycles. The first-order chi connectivity index (χ1) is 13.5. The second-order valence-electron chi connectivity index (χ2n) is 8.32. The van der Waals surface area contributed by atoms with Gasteiger partial charge in [-0.15, -0.1) is 11.8 Å². The highest BCUT2D eigenvalue weighted by atomic mass is 32.2. The second-order valence-corrected chi connectivity index (χ2v) is 9.61. The Hall–Kier alpha value is -2.30. The molecule has 29 heavy (non-hydrogen) atoms. The Labute approximate surface area is 174 Å². The number of likely N-dealkylation sites (N-methyl/N-ethyl adjacent to an activating group) is 1. The van der Waals surface area contributed by atoms with Crippen molar-refractivity contribution in [1.29, 1.82) is 0 Å². The monoisotopic (exact) mass is 423 g/mol. The van der Waals surface area contributed by atoms with E-state index in [1.165, 1.54) is 16.7 Å². The largest absolute Gasteiger partial charge is 0.477 e. The van der Waals surface area contributed by atoms with E-state index in [2.05, 4.69) is 10.7 Å². The number of amides is 2. The van der Waals surface area contributed by atoms with Gasteiger partial charge in [0.1, 0.15) is 29.4 Å². The molecule has 0 radical (unpaired) electrons. The lowest BCUT2D eigenvalue weighted by Gasteiger charge is -2.47. The molecule has 0 aromatic heterocycles. The molecule has 3 atom stereocenters. The van der Waals surface area contributed by atoms with Crippen molar-refractivity contribution in [1.82, 2.24) is 15.6 Å². The average Bonchev–Trinajstić information content (AvgIpc) is 2.58. The van der Waals surface area contributed by atoms with Gasteiger partial charge < -0.3 is 15.2 Å². The van der Waals surface area contributed by atoms with Gasteiger partial charge in [-0.3, -0.25) is 9.69 Å². The van der Waals surface area contributed by atoms with Crippen LogP contribution in [0.5, 0.6) is 0 Å². The van der Waals surface area contributed by atoms with Gasteiger partial charge in [0.15, 0.2) is 0 Å². The molecule has 3 aliphatic heterocycles. The van der Waals surface area contributed by atoms with E-state index in [4.69, 9.17) is 4.74 Å². The highest BCUT2D eigenvalue weighted by Crippen LogP contribution is 2.43. The van der Waals surface area contributed by atoms with Gasteiger partial charge in [-0.1, -0.05) is 6.08 Å². The lowest BCUT2D eigenvalue weighted by Crippen LogP contribution is -2.59. The third-order valence-electron chi connectivity index (χ3n) is 4.69. The molecule has 3 heterocycles. The SMILES string of the molecule is CC(C)(C)OC(=O)NC1S[C@@H]2CC(=O)N2C(C(=O)O)=C1CN[N+]1(C)C=CC=CC1. The van der Waals surface area contributed by atoms with Crippen molar-refractivity contribution in [3.8, 4) is 0 Å². The number of nitrogens with zero attached hydrogens (tertiary/aromatic N) is 2. The summed E-state index contributed by atoms with van der Waals surface area (Å²) in [5.74, 6) is -1.41. The number of carboxylic acids is 1. The van der Waals surface area contributed by atoms with Crippen LogP contribution in [0, 0.1) is 0 Å². The molecule has 3 rings (SSSR count). The Morgan fingerprint density at radius 3 is 2.66 bits per heavy atom. The van der Waals surface area contributed by atoms with E-state index in [1.54, 1.807) is 20.8 Å². The maximum absolute atomic E-state index is 12.3. The first-order valence-corrected chi connectivity index (χ1v) is 10.3. The lowest BCUT2D eigenvalue weighted by molar-refractivity contribution is -0.899. The number of carbonyl (C=O) groups is 3. The quantitative estimate of drug-likeness (QED) is 0.454. The van der Waals surface area contributed by atoms with Crippen molar-refractivity contribution in [3.63, 3.8) is 0 Å². The van der Waals surface area contributed by atoms with Gasteiger partial charge in [-0.25, -0.2) is 14.2 Å². The van der Waals surface area contributed by atoms with Gasteiger partial charge in [0.2, 0.25) is 5.91 Å². The van der Waals surface area contributed by atoms with Crippen LogP contribution in [0.3, 0.4) is 0 Å². The normalized spacial score (nSPS) is 28.7. The summed E-state index contributed by atoms with van der Waals surface area (Å²) in [7, 11) is 1.95. The average molecular weight is 424 g/mol. The van der Waals surface area contributed by atoms with Crippen molar-refractivity contribution in [2.24, 2.45) is 0 Å². The van der Waals surface area contributed by atoms with Crippen LogP contribution < -0.4 is 10.7 Å². The maximum Gasteiger partial charge on any atom is 0.408 e. The molecule has 1 fully saturated rings. The molecule has 0 aromatic carbocycles. The Morgan fingerprint density at radius 2 is 2.10 bits per heavy atom. The van der Waals surface area contributed by atoms with E-state index in [0.717, 1.165) is 0 Å². The van der Waals surface area contributed by atoms with E-state index in [1.807, 2.05) is 31.5 Å². The van der Waals surface area contributed by atoms with Gasteiger partial charge >= 0.3 is 12.1 Å². The van der Waals surface area contributed by atoms with E-state index in [-0.39, 0.29) is 29.9 Å². The summed E-state index contributed by atoms with van der Waals surface area (Å²) in [5.41, 5.74) is 3.00. The lowest BCUT2D eigenvalue weighted by atomic mass is 10.1. The molecule has 10 heteroatoms. The Morgan fingerprint density at radius 1 is 1.38 bits per heavy atom. The molecule has 2 amide bonds. The molecule has 1 saturated heterocycles. The summed E-state index contributed by atoms with van der Waals surface area (Å²) in [5, 5.41) is 11.7. The summed E-state index contributed by atoms with van der Waals surface area (Å²) in [6, 6.07) is 0. The van der Waals surface area contributed by atoms with E-state index in [9.17, 15) is 19.5 Å². The number of hydrogen-bond acceptors (Lipinski definition) is 6. The maximum atomic E-state index is 12.3. The van der Waals surface area contributed by atoms with Crippen molar-refractivity contribution in [2.45, 2.75) is 43.5 Å². The van der Waals surface area contributed by atoms with Crippen LogP contribution >= 0.6 is 11.8 Å². The summed E-state index contributed by atoms with van der Waals surface area (Å²) >= 11 is 1.35. The zero-order valence-electron chi connectivity index (χ0n) is 17.0. The highest BCUT2D eigenvalue weighted by molar-refractivity contribution is 8.00. The minimum atomic E-state index is -1.19. The van der Waals surface area contributed by atoms with Crippen LogP contribution in [0.15, 0.2) is 35.7 Å². The summed E-state index contributed by atoms with van der Waals surface area (Å²) < 4.78 is 5.71. The number of β-lactam (4-membered cyclic amide) rings is 1. The molecule has 0 bridgehead atoms. The van der Waals surface area contributed by atoms with E-state index in [0.29, 0.717) is 16.7 Å². The van der Waals surface area contributed by atoms with E-state index >= 15 is 0 Å². The molecule has 0 aromatic rings. The Balaban J connectivity index is 1.87. The van der Waals surface area contributed by atoms with Crippen molar-refractivity contribution in [2.75, 3.05) is 20.1 Å². The van der Waals surface area contributed by atoms with Crippen LogP contribution in [-0.2, 0) is 14.3 Å². The van der Waals surface area contributed by atoms with Gasteiger partial charge in [0.05, 0.1) is 25.4 Å². The summed E-state index contributed by atoms with van der Waals surface area (Å²) in [6.45, 7) is 6.15. The number of ether oxygens (including phenoxy) is 1. The van der Waals surface area contributed by atoms with Crippen molar-refractivity contribution >= 4 is 29.7 Å². The first kappa shape index (κ1) is 21.4. The van der Waals surface area contributed by atoms with Gasteiger partial charge in [-0.05, 0) is 32.9 Å². The minimum Gasteiger partial charge on any atom is -0.477 e. The van der Waals surface area contributed by atoms with Gasteiger partial charge in [0.25, 0.3) is 0 Å². The van der Waals surface area contributed by atoms with Crippen LogP contribution in [0.2, 0.25) is 0 Å². The summed E-state index contributed by atoms with van der Waals surface area (Å²) in [6.07, 6.45) is 7.42. The number of carbonyl (C=O) groups excluding carboxylic acids is 2. The van der Waals surface area contributed by atoms with Gasteiger partial charge in [-0.2, -0.15) is 5.43 Å². The van der Waals surface area contributed by atoms with Crippen molar-refractivity contribution in [3.05, 3.63) is 35.7 Å². The molecular weight excluding hydrogens is 396 g/mol. The number of rotatable bonds is 5. The molecule has 158 valence electrons. The van der Waals surface area contributed by atoms with Crippen LogP contribution in [-0.4, -0.2) is 69.1 Å². The fourth-order valence-electron chi connectivity index (χ4n) is 3.28. The fourth-order valence-corrected chi connectivity index (χ4v) is 4.70. The first-order valence-electron chi connectivity index (χ1n) is 9.37. The Kier molecular flexibility index (Phi) is 5.79. The second kappa shape index (κ2) is 7.85. The molecule has 9 nitrogen and oxygen atoms in total. The van der Waals surface area contributed by atoms with Crippen LogP contribution in [0.1, 0.15) is 27.2 Å². The zero-order valence-corrected chi connectivity index (χ0v) is 17.8.